The fourth-order valence-electron chi connectivity index (χ4n) is 2.72. The Morgan fingerprint density at radius 2 is 2.00 bits per heavy atom. The zero-order valence-corrected chi connectivity index (χ0v) is 12.3. The number of rotatable bonds is 7. The van der Waals surface area contributed by atoms with Crippen molar-refractivity contribution in [2.24, 2.45) is 5.41 Å². The van der Waals surface area contributed by atoms with Crippen molar-refractivity contribution in [1.82, 2.24) is 4.90 Å². The predicted octanol–water partition coefficient (Wildman–Crippen LogP) is 3.70. The van der Waals surface area contributed by atoms with E-state index in [1.165, 1.54) is 38.5 Å². The molecule has 0 N–H and O–H groups in total. The third kappa shape index (κ3) is 4.59. The van der Waals surface area contributed by atoms with Gasteiger partial charge in [-0.2, -0.15) is 0 Å². The predicted molar refractivity (Wildman–Crippen MR) is 74.4 cm³/mol. The molecule has 0 aromatic carbocycles. The van der Waals surface area contributed by atoms with E-state index in [1.807, 2.05) is 0 Å². The van der Waals surface area contributed by atoms with E-state index in [9.17, 15) is 0 Å². The van der Waals surface area contributed by atoms with Gasteiger partial charge in [-0.3, -0.25) is 0 Å². The lowest BCUT2D eigenvalue weighted by Crippen LogP contribution is -2.48. The summed E-state index contributed by atoms with van der Waals surface area (Å²) in [5.74, 6) is 0. The Morgan fingerprint density at radius 3 is 2.59 bits per heavy atom. The number of likely N-dealkylation sites (N-methyl/N-ethyl adjacent to an activating group) is 1. The van der Waals surface area contributed by atoms with Crippen LogP contribution in [0.15, 0.2) is 0 Å². The number of hydrogen-bond donors (Lipinski definition) is 0. The molecule has 1 saturated heterocycles. The number of unbranched alkanes of at least 4 members (excludes halogenated alkanes) is 3. The van der Waals surface area contributed by atoms with Crippen LogP contribution in [0, 0.1) is 5.41 Å². The van der Waals surface area contributed by atoms with Crippen molar-refractivity contribution in [1.29, 1.82) is 0 Å². The van der Waals surface area contributed by atoms with Gasteiger partial charge in [0.25, 0.3) is 0 Å². The Balaban J connectivity index is 2.42. The SMILES string of the molecule is CCCCCCC(C)(CC)C1CN(C)CCO1. The molecule has 0 bridgehead atoms. The summed E-state index contributed by atoms with van der Waals surface area (Å²) in [5.41, 5.74) is 0.377. The van der Waals surface area contributed by atoms with Gasteiger partial charge in [0, 0.05) is 13.1 Å². The third-order valence-corrected chi connectivity index (χ3v) is 4.46. The van der Waals surface area contributed by atoms with Crippen LogP contribution in [0.3, 0.4) is 0 Å². The first-order valence-corrected chi connectivity index (χ1v) is 7.42. The van der Waals surface area contributed by atoms with Crippen molar-refractivity contribution >= 4 is 0 Å². The lowest BCUT2D eigenvalue weighted by atomic mass is 9.76. The van der Waals surface area contributed by atoms with Gasteiger partial charge in [-0.25, -0.2) is 0 Å². The van der Waals surface area contributed by atoms with Crippen molar-refractivity contribution in [3.8, 4) is 0 Å². The zero-order chi connectivity index (χ0) is 12.7. The molecule has 1 fully saturated rings. The number of morpholine rings is 1. The third-order valence-electron chi connectivity index (χ3n) is 4.46. The molecule has 0 aliphatic carbocycles. The van der Waals surface area contributed by atoms with Crippen LogP contribution in [-0.4, -0.2) is 37.7 Å². The molecule has 2 nitrogen and oxygen atoms in total. The molecule has 0 saturated carbocycles. The first-order valence-electron chi connectivity index (χ1n) is 7.42. The summed E-state index contributed by atoms with van der Waals surface area (Å²) in [5, 5.41) is 0. The molecule has 2 heteroatoms. The lowest BCUT2D eigenvalue weighted by Gasteiger charge is -2.42. The number of ether oxygens (including phenoxy) is 1. The molecule has 102 valence electrons. The molecular weight excluding hydrogens is 210 g/mol. The van der Waals surface area contributed by atoms with Crippen LogP contribution in [0.1, 0.15) is 59.3 Å². The lowest BCUT2D eigenvalue weighted by molar-refractivity contribution is -0.0898. The average Bonchev–Trinajstić information content (AvgIpc) is 2.34. The van der Waals surface area contributed by atoms with Gasteiger partial charge in [-0.1, -0.05) is 46.5 Å². The molecule has 1 aliphatic rings. The second-order valence-electron chi connectivity index (χ2n) is 5.94. The van der Waals surface area contributed by atoms with E-state index in [0.717, 1.165) is 19.7 Å². The maximum Gasteiger partial charge on any atom is 0.0755 e. The largest absolute Gasteiger partial charge is 0.375 e. The van der Waals surface area contributed by atoms with Crippen LogP contribution in [-0.2, 0) is 4.74 Å². The van der Waals surface area contributed by atoms with Crippen molar-refractivity contribution in [2.45, 2.75) is 65.4 Å². The van der Waals surface area contributed by atoms with Crippen LogP contribution in [0.5, 0.6) is 0 Å². The first-order chi connectivity index (χ1) is 8.12. The van der Waals surface area contributed by atoms with E-state index in [1.54, 1.807) is 0 Å². The molecular formula is C15H31NO. The summed E-state index contributed by atoms with van der Waals surface area (Å²) in [7, 11) is 2.21. The van der Waals surface area contributed by atoms with Crippen molar-refractivity contribution in [2.75, 3.05) is 26.7 Å². The highest BCUT2D eigenvalue weighted by Gasteiger charge is 2.35. The molecule has 1 aliphatic heterocycles. The van der Waals surface area contributed by atoms with Crippen LogP contribution < -0.4 is 0 Å². The van der Waals surface area contributed by atoms with Crippen molar-refractivity contribution in [3.63, 3.8) is 0 Å². The van der Waals surface area contributed by atoms with Gasteiger partial charge < -0.3 is 9.64 Å². The Labute approximate surface area is 108 Å². The molecule has 0 spiro atoms. The highest BCUT2D eigenvalue weighted by atomic mass is 16.5. The molecule has 17 heavy (non-hydrogen) atoms. The fourth-order valence-corrected chi connectivity index (χ4v) is 2.72. The Bertz CT molecular complexity index is 207. The topological polar surface area (TPSA) is 12.5 Å². The second-order valence-corrected chi connectivity index (χ2v) is 5.94. The van der Waals surface area contributed by atoms with Crippen LogP contribution in [0.4, 0.5) is 0 Å². The summed E-state index contributed by atoms with van der Waals surface area (Å²) in [4.78, 5) is 2.41. The summed E-state index contributed by atoms with van der Waals surface area (Å²) >= 11 is 0. The fraction of sp³-hybridized carbons (Fsp3) is 1.00. The first kappa shape index (κ1) is 15.0. The van der Waals surface area contributed by atoms with E-state index in [2.05, 4.69) is 32.7 Å². The minimum Gasteiger partial charge on any atom is -0.375 e. The van der Waals surface area contributed by atoms with Gasteiger partial charge in [-0.05, 0) is 25.3 Å². The maximum absolute atomic E-state index is 6.02. The highest BCUT2D eigenvalue weighted by molar-refractivity contribution is 4.86. The van der Waals surface area contributed by atoms with Gasteiger partial charge in [0.15, 0.2) is 0 Å². The van der Waals surface area contributed by atoms with E-state index in [4.69, 9.17) is 4.74 Å². The van der Waals surface area contributed by atoms with E-state index < -0.39 is 0 Å². The maximum atomic E-state index is 6.02. The molecule has 0 aromatic heterocycles. The Kier molecular flexibility index (Phi) is 6.50. The standard InChI is InChI=1S/C15H31NO/c1-5-7-8-9-10-15(3,6-2)14-13-16(4)11-12-17-14/h14H,5-13H2,1-4H3. The Hall–Kier alpha value is -0.0800. The van der Waals surface area contributed by atoms with E-state index in [-0.39, 0.29) is 0 Å². The molecule has 1 rings (SSSR count). The van der Waals surface area contributed by atoms with Crippen molar-refractivity contribution < 1.29 is 4.74 Å². The van der Waals surface area contributed by atoms with E-state index >= 15 is 0 Å². The quantitative estimate of drug-likeness (QED) is 0.630. The molecule has 0 amide bonds. The van der Waals surface area contributed by atoms with E-state index in [0.29, 0.717) is 11.5 Å². The molecule has 2 atom stereocenters. The zero-order valence-electron chi connectivity index (χ0n) is 12.3. The minimum absolute atomic E-state index is 0.377. The van der Waals surface area contributed by atoms with Crippen LogP contribution in [0.2, 0.25) is 0 Å². The Morgan fingerprint density at radius 1 is 1.24 bits per heavy atom. The van der Waals surface area contributed by atoms with Gasteiger partial charge in [0.2, 0.25) is 0 Å². The highest BCUT2D eigenvalue weighted by Crippen LogP contribution is 2.35. The summed E-state index contributed by atoms with van der Waals surface area (Å²) < 4.78 is 6.02. The van der Waals surface area contributed by atoms with Gasteiger partial charge >= 0.3 is 0 Å². The van der Waals surface area contributed by atoms with Gasteiger partial charge in [-0.15, -0.1) is 0 Å². The smallest absolute Gasteiger partial charge is 0.0755 e. The summed E-state index contributed by atoms with van der Waals surface area (Å²) in [6.07, 6.45) is 8.44. The average molecular weight is 241 g/mol. The monoisotopic (exact) mass is 241 g/mol. The summed E-state index contributed by atoms with van der Waals surface area (Å²) in [6, 6.07) is 0. The van der Waals surface area contributed by atoms with Gasteiger partial charge in [0.05, 0.1) is 12.7 Å². The molecule has 1 heterocycles. The van der Waals surface area contributed by atoms with Crippen LogP contribution in [0.25, 0.3) is 0 Å². The van der Waals surface area contributed by atoms with Crippen molar-refractivity contribution in [3.05, 3.63) is 0 Å². The summed E-state index contributed by atoms with van der Waals surface area (Å²) in [6.45, 7) is 10.1. The number of hydrogen-bond acceptors (Lipinski definition) is 2. The normalized spacial score (nSPS) is 25.8. The molecule has 2 unspecified atom stereocenters. The van der Waals surface area contributed by atoms with Crippen LogP contribution >= 0.6 is 0 Å². The second kappa shape index (κ2) is 7.38. The number of nitrogens with zero attached hydrogens (tertiary/aromatic N) is 1. The van der Waals surface area contributed by atoms with Gasteiger partial charge in [0.1, 0.15) is 0 Å². The molecule has 0 aromatic rings. The molecule has 0 radical (unpaired) electrons. The minimum atomic E-state index is 0.377.